The second kappa shape index (κ2) is 5.49. The third kappa shape index (κ3) is 2.02. The molecule has 25 heavy (non-hydrogen) atoms. The molecule has 1 spiro atoms. The summed E-state index contributed by atoms with van der Waals surface area (Å²) in [5, 5.41) is 18.9. The topological polar surface area (TPSA) is 76.9 Å². The molecule has 2 aromatic rings. The van der Waals surface area contributed by atoms with Crippen molar-refractivity contribution < 1.29 is 9.90 Å². The Morgan fingerprint density at radius 2 is 2.08 bits per heavy atom. The number of carbonyl (C=O) groups excluding carboxylic acids is 1. The van der Waals surface area contributed by atoms with Gasteiger partial charge >= 0.3 is 0 Å². The third-order valence-electron chi connectivity index (χ3n) is 5.52. The molecule has 4 rings (SSSR count). The summed E-state index contributed by atoms with van der Waals surface area (Å²) in [6.45, 7) is 3.87. The molecule has 4 heteroatoms. The highest BCUT2D eigenvalue weighted by atomic mass is 16.3. The average molecular weight is 330 g/mol. The largest absolute Gasteiger partial charge is 0.508 e. The fourth-order valence-corrected chi connectivity index (χ4v) is 4.49. The number of carbonyl (C=O) groups is 1. The molecule has 1 fully saturated rings. The molecular weight excluding hydrogens is 312 g/mol. The maximum atomic E-state index is 13.2. The van der Waals surface area contributed by atoms with Crippen LogP contribution in [0.3, 0.4) is 0 Å². The molecule has 0 radical (unpaired) electrons. The Morgan fingerprint density at radius 1 is 1.32 bits per heavy atom. The van der Waals surface area contributed by atoms with Crippen LogP contribution in [0.1, 0.15) is 64.1 Å². The molecule has 0 saturated heterocycles. The molecular formula is C21H18N2O2. The number of allylic oxidation sites excluding steroid dienone is 1. The Hall–Kier alpha value is -3.06. The van der Waals surface area contributed by atoms with Crippen LogP contribution >= 0.6 is 0 Å². The summed E-state index contributed by atoms with van der Waals surface area (Å²) in [5.41, 5.74) is 4.33. The van der Waals surface area contributed by atoms with E-state index in [0.717, 1.165) is 48.2 Å². The predicted molar refractivity (Wildman–Crippen MR) is 96.3 cm³/mol. The van der Waals surface area contributed by atoms with Crippen molar-refractivity contribution in [2.24, 2.45) is 0 Å². The Bertz CT molecular complexity index is 967. The molecule has 4 nitrogen and oxygen atoms in total. The van der Waals surface area contributed by atoms with Crippen LogP contribution in [0.2, 0.25) is 0 Å². The molecule has 124 valence electrons. The molecule has 2 N–H and O–H groups in total. The molecule has 0 atom stereocenters. The standard InChI is InChI=1S/C21H18N2O2/c1-2-14-17(6-5-11-22)23-20-18(14)19(25)15-8-7-13(24)12-16(15)21(20)9-3-4-10-21/h2,5-8,12,23-24H,1,3-4,9-10H2/b6-5+. The number of aromatic nitrogens is 1. The van der Waals surface area contributed by atoms with Crippen molar-refractivity contribution in [1.29, 1.82) is 5.26 Å². The van der Waals surface area contributed by atoms with Gasteiger partial charge in [0.05, 0.1) is 11.6 Å². The normalized spacial score (nSPS) is 17.5. The van der Waals surface area contributed by atoms with Gasteiger partial charge in [-0.25, -0.2) is 0 Å². The van der Waals surface area contributed by atoms with Crippen LogP contribution < -0.4 is 0 Å². The fraction of sp³-hybridized carbons (Fsp3) is 0.238. The zero-order chi connectivity index (χ0) is 17.6. The van der Waals surface area contributed by atoms with Crippen molar-refractivity contribution in [3.05, 3.63) is 64.5 Å². The lowest BCUT2D eigenvalue weighted by atomic mass is 9.67. The van der Waals surface area contributed by atoms with Gasteiger partial charge in [-0.05, 0) is 42.7 Å². The van der Waals surface area contributed by atoms with Crippen LogP contribution in [-0.2, 0) is 5.41 Å². The summed E-state index contributed by atoms with van der Waals surface area (Å²) < 4.78 is 0. The molecule has 2 aliphatic carbocycles. The van der Waals surface area contributed by atoms with E-state index in [1.54, 1.807) is 30.4 Å². The first kappa shape index (κ1) is 15.5. The number of benzene rings is 1. The van der Waals surface area contributed by atoms with Gasteiger partial charge in [-0.1, -0.05) is 25.5 Å². The second-order valence-corrected chi connectivity index (χ2v) is 6.72. The first-order chi connectivity index (χ1) is 12.1. The Labute approximate surface area is 146 Å². The highest BCUT2D eigenvalue weighted by Crippen LogP contribution is 2.53. The summed E-state index contributed by atoms with van der Waals surface area (Å²) in [6.07, 6.45) is 8.79. The first-order valence-electron chi connectivity index (χ1n) is 8.45. The highest BCUT2D eigenvalue weighted by Gasteiger charge is 2.47. The number of fused-ring (bicyclic) bond motifs is 4. The number of hydrogen-bond acceptors (Lipinski definition) is 3. The van der Waals surface area contributed by atoms with E-state index in [2.05, 4.69) is 11.6 Å². The number of rotatable bonds is 2. The first-order valence-corrected chi connectivity index (χ1v) is 8.45. The number of phenols is 1. The molecule has 1 saturated carbocycles. The zero-order valence-corrected chi connectivity index (χ0v) is 13.8. The lowest BCUT2D eigenvalue weighted by Gasteiger charge is -2.35. The Balaban J connectivity index is 2.06. The van der Waals surface area contributed by atoms with Gasteiger partial charge in [0.25, 0.3) is 0 Å². The lowest BCUT2D eigenvalue weighted by Crippen LogP contribution is -2.33. The number of ketones is 1. The van der Waals surface area contributed by atoms with E-state index in [0.29, 0.717) is 11.1 Å². The molecule has 0 amide bonds. The molecule has 1 aromatic heterocycles. The van der Waals surface area contributed by atoms with E-state index in [1.807, 2.05) is 6.07 Å². The maximum absolute atomic E-state index is 13.2. The summed E-state index contributed by atoms with van der Waals surface area (Å²) in [4.78, 5) is 16.6. The summed E-state index contributed by atoms with van der Waals surface area (Å²) in [6, 6.07) is 7.02. The van der Waals surface area contributed by atoms with Crippen molar-refractivity contribution >= 4 is 17.9 Å². The lowest BCUT2D eigenvalue weighted by molar-refractivity contribution is 0.102. The van der Waals surface area contributed by atoms with Gasteiger partial charge in [-0.3, -0.25) is 4.79 Å². The van der Waals surface area contributed by atoms with Gasteiger partial charge in [0.2, 0.25) is 0 Å². The zero-order valence-electron chi connectivity index (χ0n) is 13.8. The Morgan fingerprint density at radius 3 is 2.76 bits per heavy atom. The number of nitrogens with zero attached hydrogens (tertiary/aromatic N) is 1. The van der Waals surface area contributed by atoms with Gasteiger partial charge in [0, 0.05) is 34.0 Å². The quantitative estimate of drug-likeness (QED) is 0.806. The van der Waals surface area contributed by atoms with Gasteiger partial charge in [-0.2, -0.15) is 5.26 Å². The van der Waals surface area contributed by atoms with Crippen LogP contribution in [0.15, 0.2) is 30.9 Å². The molecule has 1 heterocycles. The van der Waals surface area contributed by atoms with Crippen molar-refractivity contribution in [3.63, 3.8) is 0 Å². The van der Waals surface area contributed by atoms with Crippen LogP contribution in [0.25, 0.3) is 12.2 Å². The van der Waals surface area contributed by atoms with Crippen LogP contribution in [-0.4, -0.2) is 15.9 Å². The van der Waals surface area contributed by atoms with Crippen LogP contribution in [0.5, 0.6) is 5.75 Å². The minimum absolute atomic E-state index is 0.0507. The van der Waals surface area contributed by atoms with E-state index in [4.69, 9.17) is 5.26 Å². The SMILES string of the molecule is C=Cc1c(/C=C/C#N)[nH]c2c1C(=O)c1ccc(O)cc1C21CCCC1. The summed E-state index contributed by atoms with van der Waals surface area (Å²) >= 11 is 0. The number of nitrogens with one attached hydrogen (secondary N) is 1. The minimum atomic E-state index is -0.284. The van der Waals surface area contributed by atoms with E-state index < -0.39 is 0 Å². The van der Waals surface area contributed by atoms with Gasteiger partial charge in [-0.15, -0.1) is 0 Å². The fourth-order valence-electron chi connectivity index (χ4n) is 4.49. The number of aromatic amines is 1. The highest BCUT2D eigenvalue weighted by molar-refractivity contribution is 6.15. The second-order valence-electron chi connectivity index (χ2n) is 6.72. The van der Waals surface area contributed by atoms with E-state index in [-0.39, 0.29) is 16.9 Å². The van der Waals surface area contributed by atoms with E-state index >= 15 is 0 Å². The van der Waals surface area contributed by atoms with Gasteiger partial charge < -0.3 is 10.1 Å². The van der Waals surface area contributed by atoms with Crippen molar-refractivity contribution in [2.45, 2.75) is 31.1 Å². The number of nitriles is 1. The van der Waals surface area contributed by atoms with Crippen molar-refractivity contribution in [1.82, 2.24) is 4.98 Å². The monoisotopic (exact) mass is 330 g/mol. The molecule has 0 bridgehead atoms. The predicted octanol–water partition coefficient (Wildman–Crippen LogP) is 4.30. The van der Waals surface area contributed by atoms with Gasteiger partial charge in [0.15, 0.2) is 5.78 Å². The van der Waals surface area contributed by atoms with Crippen molar-refractivity contribution in [2.75, 3.05) is 0 Å². The van der Waals surface area contributed by atoms with Gasteiger partial charge in [0.1, 0.15) is 5.75 Å². The number of phenolic OH excluding ortho intramolecular Hbond substituents is 1. The molecule has 1 aromatic carbocycles. The molecule has 0 unspecified atom stereocenters. The summed E-state index contributed by atoms with van der Waals surface area (Å²) in [5.74, 6) is 0.131. The smallest absolute Gasteiger partial charge is 0.195 e. The van der Waals surface area contributed by atoms with Crippen LogP contribution in [0.4, 0.5) is 0 Å². The maximum Gasteiger partial charge on any atom is 0.195 e. The van der Waals surface area contributed by atoms with Crippen LogP contribution in [0, 0.1) is 11.3 Å². The number of H-pyrrole nitrogens is 1. The third-order valence-corrected chi connectivity index (χ3v) is 5.52. The Kier molecular flexibility index (Phi) is 3.40. The minimum Gasteiger partial charge on any atom is -0.508 e. The van der Waals surface area contributed by atoms with Crippen molar-refractivity contribution in [3.8, 4) is 11.8 Å². The van der Waals surface area contributed by atoms with E-state index in [1.165, 1.54) is 6.08 Å². The molecule has 2 aliphatic rings. The summed E-state index contributed by atoms with van der Waals surface area (Å²) in [7, 11) is 0. The number of aromatic hydroxyl groups is 1. The molecule has 0 aliphatic heterocycles. The van der Waals surface area contributed by atoms with E-state index in [9.17, 15) is 9.90 Å². The number of hydrogen-bond donors (Lipinski definition) is 2. The average Bonchev–Trinajstić information content (AvgIpc) is 3.23.